The molecular weight excluding hydrogens is 367 g/mol. The van der Waals surface area contributed by atoms with Crippen LogP contribution in [0.15, 0.2) is 42.5 Å². The number of nitrogens with one attached hydrogen (secondary N) is 2. The number of thiocarbonyl (C=S) groups is 1. The maximum absolute atomic E-state index is 5.34. The summed E-state index contributed by atoms with van der Waals surface area (Å²) < 4.78 is 1.14. The van der Waals surface area contributed by atoms with Gasteiger partial charge in [-0.25, -0.2) is 0 Å². The fraction of sp³-hybridized carbons (Fsp3) is 0.133. The first-order valence-electron chi connectivity index (χ1n) is 5.95. The van der Waals surface area contributed by atoms with Crippen LogP contribution in [0.5, 0.6) is 0 Å². The van der Waals surface area contributed by atoms with Gasteiger partial charge >= 0.3 is 0 Å². The van der Waals surface area contributed by atoms with E-state index in [0.717, 1.165) is 14.9 Å². The van der Waals surface area contributed by atoms with Gasteiger partial charge in [0.15, 0.2) is 5.11 Å². The molecule has 0 saturated carbocycles. The van der Waals surface area contributed by atoms with Gasteiger partial charge in [0.2, 0.25) is 0 Å². The van der Waals surface area contributed by atoms with Crippen molar-refractivity contribution in [3.63, 3.8) is 0 Å². The highest BCUT2D eigenvalue weighted by molar-refractivity contribution is 14.1. The molecule has 0 amide bonds. The molecule has 0 aromatic heterocycles. The molecule has 0 aliphatic rings. The molecule has 4 heteroatoms. The van der Waals surface area contributed by atoms with Gasteiger partial charge in [0.25, 0.3) is 0 Å². The number of aryl methyl sites for hydroxylation is 2. The van der Waals surface area contributed by atoms with E-state index in [1.807, 2.05) is 24.3 Å². The number of anilines is 2. The molecule has 0 fully saturated rings. The minimum atomic E-state index is 0.606. The number of halogens is 1. The Balaban J connectivity index is 2.07. The summed E-state index contributed by atoms with van der Waals surface area (Å²) in [6.07, 6.45) is 0. The van der Waals surface area contributed by atoms with Gasteiger partial charge in [0.05, 0.1) is 5.69 Å². The average Bonchev–Trinajstić information content (AvgIpc) is 2.30. The van der Waals surface area contributed by atoms with Gasteiger partial charge in [0.1, 0.15) is 0 Å². The highest BCUT2D eigenvalue weighted by atomic mass is 127. The summed E-state index contributed by atoms with van der Waals surface area (Å²) in [5.41, 5.74) is 4.48. The van der Waals surface area contributed by atoms with Crippen LogP contribution in [0, 0.1) is 17.4 Å². The molecule has 0 bridgehead atoms. The topological polar surface area (TPSA) is 24.1 Å². The summed E-state index contributed by atoms with van der Waals surface area (Å²) in [7, 11) is 0. The first-order valence-corrected chi connectivity index (χ1v) is 7.44. The highest BCUT2D eigenvalue weighted by Crippen LogP contribution is 2.18. The Hall–Kier alpha value is -1.14. The molecule has 0 radical (unpaired) electrons. The predicted molar refractivity (Wildman–Crippen MR) is 94.9 cm³/mol. The molecule has 98 valence electrons. The maximum atomic E-state index is 5.34. The van der Waals surface area contributed by atoms with Gasteiger partial charge in [-0.2, -0.15) is 0 Å². The lowest BCUT2D eigenvalue weighted by Gasteiger charge is -2.12. The van der Waals surface area contributed by atoms with Crippen LogP contribution in [0.4, 0.5) is 11.4 Å². The van der Waals surface area contributed by atoms with Gasteiger partial charge in [0, 0.05) is 9.26 Å². The molecule has 0 heterocycles. The molecule has 0 atom stereocenters. The van der Waals surface area contributed by atoms with Crippen LogP contribution in [0.25, 0.3) is 0 Å². The molecule has 0 saturated heterocycles. The van der Waals surface area contributed by atoms with Gasteiger partial charge in [-0.15, -0.1) is 0 Å². The fourth-order valence-corrected chi connectivity index (χ4v) is 2.64. The van der Waals surface area contributed by atoms with E-state index in [9.17, 15) is 0 Å². The maximum Gasteiger partial charge on any atom is 0.175 e. The van der Waals surface area contributed by atoms with Crippen molar-refractivity contribution in [2.24, 2.45) is 0 Å². The summed E-state index contributed by atoms with van der Waals surface area (Å²) in [5.74, 6) is 0. The number of para-hydroxylation sites is 1. The molecule has 2 nitrogen and oxygen atoms in total. The SMILES string of the molecule is Cc1cc(C)cc(NC(=S)Nc2ccccc2I)c1. The first kappa shape index (κ1) is 14.3. The predicted octanol–water partition coefficient (Wildman–Crippen LogP) is 4.72. The summed E-state index contributed by atoms with van der Waals surface area (Å²) in [6.45, 7) is 4.16. The van der Waals surface area contributed by atoms with Crippen molar-refractivity contribution in [3.05, 3.63) is 57.2 Å². The van der Waals surface area contributed by atoms with Crippen LogP contribution in [0.3, 0.4) is 0 Å². The Morgan fingerprint density at radius 3 is 2.26 bits per heavy atom. The third kappa shape index (κ3) is 4.18. The third-order valence-electron chi connectivity index (χ3n) is 2.60. The molecule has 0 unspecified atom stereocenters. The number of hydrogen-bond acceptors (Lipinski definition) is 1. The molecule has 19 heavy (non-hydrogen) atoms. The molecule has 0 spiro atoms. The summed E-state index contributed by atoms with van der Waals surface area (Å²) in [5, 5.41) is 7.03. The second kappa shape index (κ2) is 6.34. The Morgan fingerprint density at radius 1 is 1.00 bits per heavy atom. The van der Waals surface area contributed by atoms with Crippen molar-refractivity contribution in [1.82, 2.24) is 0 Å². The van der Waals surface area contributed by atoms with Gasteiger partial charge in [-0.3, -0.25) is 0 Å². The lowest BCUT2D eigenvalue weighted by atomic mass is 10.1. The largest absolute Gasteiger partial charge is 0.332 e. The Labute approximate surface area is 132 Å². The number of hydrogen-bond donors (Lipinski definition) is 2. The smallest absolute Gasteiger partial charge is 0.175 e. The molecule has 2 rings (SSSR count). The molecule has 2 N–H and O–H groups in total. The molecule has 0 aliphatic carbocycles. The van der Waals surface area contributed by atoms with E-state index in [-0.39, 0.29) is 0 Å². The lowest BCUT2D eigenvalue weighted by molar-refractivity contribution is 1.38. The standard InChI is InChI=1S/C15H15IN2S/c1-10-7-11(2)9-12(8-10)17-15(19)18-14-6-4-3-5-13(14)16/h3-9H,1-2H3,(H2,17,18,19). The number of rotatable bonds is 2. The average molecular weight is 382 g/mol. The van der Waals surface area contributed by atoms with Crippen LogP contribution in [-0.2, 0) is 0 Å². The van der Waals surface area contributed by atoms with Gasteiger partial charge in [-0.1, -0.05) is 18.2 Å². The van der Waals surface area contributed by atoms with Crippen LogP contribution in [0.1, 0.15) is 11.1 Å². The van der Waals surface area contributed by atoms with Gasteiger partial charge < -0.3 is 10.6 Å². The third-order valence-corrected chi connectivity index (χ3v) is 3.75. The van der Waals surface area contributed by atoms with Crippen molar-refractivity contribution in [2.45, 2.75) is 13.8 Å². The monoisotopic (exact) mass is 382 g/mol. The van der Waals surface area contributed by atoms with E-state index in [4.69, 9.17) is 12.2 Å². The molecule has 2 aromatic rings. The molecular formula is C15H15IN2S. The van der Waals surface area contributed by atoms with E-state index >= 15 is 0 Å². The zero-order valence-electron chi connectivity index (χ0n) is 10.8. The van der Waals surface area contributed by atoms with Crippen LogP contribution < -0.4 is 10.6 Å². The van der Waals surface area contributed by atoms with Gasteiger partial charge in [-0.05, 0) is 84.0 Å². The van der Waals surface area contributed by atoms with Crippen LogP contribution in [0.2, 0.25) is 0 Å². The van der Waals surface area contributed by atoms with E-state index in [0.29, 0.717) is 5.11 Å². The highest BCUT2D eigenvalue weighted by Gasteiger charge is 2.02. The zero-order valence-corrected chi connectivity index (χ0v) is 13.8. The summed E-state index contributed by atoms with van der Waals surface area (Å²) in [4.78, 5) is 0. The zero-order chi connectivity index (χ0) is 13.8. The van der Waals surface area contributed by atoms with Crippen molar-refractivity contribution in [3.8, 4) is 0 Å². The minimum absolute atomic E-state index is 0.606. The minimum Gasteiger partial charge on any atom is -0.332 e. The summed E-state index contributed by atoms with van der Waals surface area (Å²) >= 11 is 7.62. The van der Waals surface area contributed by atoms with Crippen molar-refractivity contribution >= 4 is 51.3 Å². The molecule has 2 aromatic carbocycles. The fourth-order valence-electron chi connectivity index (χ4n) is 1.89. The quantitative estimate of drug-likeness (QED) is 0.581. The Morgan fingerprint density at radius 2 is 1.63 bits per heavy atom. The van der Waals surface area contributed by atoms with Crippen LogP contribution in [-0.4, -0.2) is 5.11 Å². The Bertz CT molecular complexity index is 591. The van der Waals surface area contributed by atoms with E-state index in [1.165, 1.54) is 11.1 Å². The molecule has 0 aliphatic heterocycles. The van der Waals surface area contributed by atoms with Crippen LogP contribution >= 0.6 is 34.8 Å². The van der Waals surface area contributed by atoms with E-state index < -0.39 is 0 Å². The van der Waals surface area contributed by atoms with E-state index in [2.05, 4.69) is 65.3 Å². The van der Waals surface area contributed by atoms with Crippen molar-refractivity contribution < 1.29 is 0 Å². The van der Waals surface area contributed by atoms with E-state index in [1.54, 1.807) is 0 Å². The Kier molecular flexibility index (Phi) is 4.76. The number of benzene rings is 2. The second-order valence-corrected chi connectivity index (χ2v) is 6.01. The first-order chi connectivity index (χ1) is 9.04. The van der Waals surface area contributed by atoms with Crippen molar-refractivity contribution in [1.29, 1.82) is 0 Å². The lowest BCUT2D eigenvalue weighted by Crippen LogP contribution is -2.19. The summed E-state index contributed by atoms with van der Waals surface area (Å²) in [6, 6.07) is 14.4. The van der Waals surface area contributed by atoms with Crippen molar-refractivity contribution in [2.75, 3.05) is 10.6 Å². The normalized spacial score (nSPS) is 10.1. The second-order valence-electron chi connectivity index (χ2n) is 4.44.